The summed E-state index contributed by atoms with van der Waals surface area (Å²) in [4.78, 5) is 42.7. The van der Waals surface area contributed by atoms with Crippen LogP contribution in [0.5, 0.6) is 0 Å². The van der Waals surface area contributed by atoms with Gasteiger partial charge in [-0.25, -0.2) is 4.79 Å². The van der Waals surface area contributed by atoms with Gasteiger partial charge >= 0.3 is 5.97 Å². The number of carbonyl (C=O) groups is 3. The number of hydrogen-bond donors (Lipinski definition) is 7. The van der Waals surface area contributed by atoms with Gasteiger partial charge in [-0.2, -0.15) is 16.8 Å². The fourth-order valence-electron chi connectivity index (χ4n) is 5.19. The van der Waals surface area contributed by atoms with E-state index in [1.54, 1.807) is 0 Å². The highest BCUT2D eigenvalue weighted by atomic mass is 32.2. The Bertz CT molecular complexity index is 2570. The summed E-state index contributed by atoms with van der Waals surface area (Å²) in [7, 11) is -10.4. The van der Waals surface area contributed by atoms with Crippen molar-refractivity contribution in [2.75, 3.05) is 18.8 Å². The third-order valence-corrected chi connectivity index (χ3v) is 9.23. The summed E-state index contributed by atoms with van der Waals surface area (Å²) in [5.41, 5.74) is 12.4. The van der Waals surface area contributed by atoms with Gasteiger partial charge in [0.05, 0.1) is 28.7 Å². The molecule has 8 N–H and O–H groups in total. The summed E-state index contributed by atoms with van der Waals surface area (Å²) in [5.74, 6) is -3.54. The summed E-state index contributed by atoms with van der Waals surface area (Å²) in [6.07, 6.45) is 1.28. The molecule has 0 saturated heterocycles. The van der Waals surface area contributed by atoms with Crippen LogP contribution < -0.4 is 21.7 Å². The number of nitrogen functional groups attached to an aromatic ring is 1. The Morgan fingerprint density at radius 1 is 0.902 bits per heavy atom. The number of nitrogens with two attached hydrogens (primary N) is 1. The fourth-order valence-corrected chi connectivity index (χ4v) is 6.67. The molecule has 1 aliphatic carbocycles. The van der Waals surface area contributed by atoms with Crippen molar-refractivity contribution in [3.63, 3.8) is 0 Å². The smallest absolute Gasteiger partial charge is 0.336 e. The van der Waals surface area contributed by atoms with Crippen molar-refractivity contribution in [1.82, 2.24) is 15.6 Å². The molecule has 0 unspecified atom stereocenters. The van der Waals surface area contributed by atoms with E-state index in [0.717, 1.165) is 24.3 Å². The van der Waals surface area contributed by atoms with Gasteiger partial charge in [0.2, 0.25) is 0 Å². The predicted octanol–water partition coefficient (Wildman–Crippen LogP) is 2.82. The minimum atomic E-state index is -5.23. The van der Waals surface area contributed by atoms with Gasteiger partial charge in [0.1, 0.15) is 0 Å². The molecule has 0 bridgehead atoms. The lowest BCUT2D eigenvalue weighted by Gasteiger charge is -2.20. The van der Waals surface area contributed by atoms with Crippen LogP contribution in [0.3, 0.4) is 0 Å². The van der Waals surface area contributed by atoms with E-state index < -0.39 is 75.8 Å². The molecule has 0 fully saturated rings. The van der Waals surface area contributed by atoms with Crippen LogP contribution in [0.2, 0.25) is 0 Å². The number of aromatic carboxylic acids is 1. The average Bonchev–Trinajstić information content (AvgIpc) is 3.06. The maximum Gasteiger partial charge on any atom is 0.336 e. The molecule has 51 heavy (non-hydrogen) atoms. The molecule has 2 aliphatic rings. The number of pyridine rings is 1. The van der Waals surface area contributed by atoms with Crippen molar-refractivity contribution in [2.24, 2.45) is 5.11 Å². The number of nitrogens with one attached hydrogen (secondary N) is 3. The van der Waals surface area contributed by atoms with Crippen molar-refractivity contribution in [3.8, 4) is 22.5 Å². The molecule has 0 saturated carbocycles. The molecule has 5 rings (SSSR count). The summed E-state index contributed by atoms with van der Waals surface area (Å²) < 4.78 is 75.3. The van der Waals surface area contributed by atoms with E-state index in [0.29, 0.717) is 5.69 Å². The Balaban J connectivity index is 1.56. The average molecular weight is 737 g/mol. The summed E-state index contributed by atoms with van der Waals surface area (Å²) in [5, 5.41) is 25.8. The lowest BCUT2D eigenvalue weighted by atomic mass is 9.89. The maximum atomic E-state index is 13.2. The number of rotatable bonds is 11. The first-order valence-corrected chi connectivity index (χ1v) is 17.1. The second-order valence-electron chi connectivity index (χ2n) is 10.6. The van der Waals surface area contributed by atoms with E-state index in [-0.39, 0.29) is 52.8 Å². The molecule has 0 radical (unpaired) electrons. The summed E-state index contributed by atoms with van der Waals surface area (Å²) in [6, 6.07) is 10.8. The van der Waals surface area contributed by atoms with Crippen LogP contribution in [0.4, 0.5) is 5.69 Å². The predicted molar refractivity (Wildman–Crippen MR) is 177 cm³/mol. The molecule has 1 aromatic heterocycles. The van der Waals surface area contributed by atoms with Crippen molar-refractivity contribution >= 4 is 54.7 Å². The van der Waals surface area contributed by atoms with Crippen LogP contribution in [0, 0.1) is 5.41 Å². The molecule has 0 atom stereocenters. The van der Waals surface area contributed by atoms with E-state index in [2.05, 4.69) is 25.6 Å². The standard InChI is InChI=1S/C30H24N8O11S2/c31-21-7-5-18-23(19-6-8-22(32)27(51(46,47)48)25(19)49-24(18)26(21)50(43,44)45)20-11-14(2-4-17(20)30(41)42)28(39)34-9-10-35-29(40)15-1-3-16(36-12-15)13-37-38-33/h1-8,11-12,31H,9-10,13,32H2,(H,34,39)(H,35,40)(H,41,42)(H,43,44,45)(H,46,47,48). The highest BCUT2D eigenvalue weighted by Gasteiger charge is 2.32. The number of nitrogens with zero attached hydrogens (tertiary/aromatic N) is 4. The molecule has 262 valence electrons. The quantitative estimate of drug-likeness (QED) is 0.0195. The van der Waals surface area contributed by atoms with Gasteiger partial charge in [0.25, 0.3) is 32.1 Å². The number of carbonyl (C=O) groups excluding carboxylic acids is 2. The van der Waals surface area contributed by atoms with Gasteiger partial charge < -0.3 is 25.9 Å². The van der Waals surface area contributed by atoms with E-state index in [1.165, 1.54) is 36.5 Å². The minimum Gasteiger partial charge on any atom is -0.478 e. The van der Waals surface area contributed by atoms with Gasteiger partial charge in [-0.3, -0.25) is 29.1 Å². The number of hydrogen-bond acceptors (Lipinski definition) is 12. The Morgan fingerprint density at radius 3 is 2.14 bits per heavy atom. The number of amides is 2. The Morgan fingerprint density at radius 2 is 1.55 bits per heavy atom. The zero-order valence-electron chi connectivity index (χ0n) is 25.7. The number of benzene rings is 3. The van der Waals surface area contributed by atoms with E-state index >= 15 is 0 Å². The van der Waals surface area contributed by atoms with E-state index in [4.69, 9.17) is 21.1 Å². The number of anilines is 1. The normalized spacial score (nSPS) is 11.6. The fraction of sp³-hybridized carbons (Fsp3) is 0.100. The molecule has 2 amide bonds. The number of fused-ring (bicyclic) bond motifs is 2. The first kappa shape index (κ1) is 35.9. The molecule has 1 aliphatic heterocycles. The lowest BCUT2D eigenvalue weighted by molar-refractivity contribution is 0.0696. The topological polar surface area (TPSA) is 329 Å². The molecule has 21 heteroatoms. The number of carboxylic acids is 1. The van der Waals surface area contributed by atoms with Crippen molar-refractivity contribution in [1.29, 1.82) is 5.41 Å². The van der Waals surface area contributed by atoms with Gasteiger partial charge in [-0.05, 0) is 65.7 Å². The highest BCUT2D eigenvalue weighted by molar-refractivity contribution is 7.86. The van der Waals surface area contributed by atoms with Gasteiger partial charge in [-0.1, -0.05) is 5.11 Å². The second-order valence-corrected chi connectivity index (χ2v) is 13.3. The summed E-state index contributed by atoms with van der Waals surface area (Å²) in [6.45, 7) is -0.141. The molecule has 2 aromatic carbocycles. The number of azide groups is 1. The first-order chi connectivity index (χ1) is 24.0. The van der Waals surface area contributed by atoms with Crippen molar-refractivity contribution in [2.45, 2.75) is 16.3 Å². The molecular weight excluding hydrogens is 713 g/mol. The SMILES string of the molecule is [N-]=[N+]=NCc1ccc(C(=O)NCCNC(=O)c2ccc(C(=O)O)c(-c3c4ccc(=N)c(S(=O)(=O)O)c-4oc4c(S(=O)(=O)O)c(N)ccc34)c2)cn1. The number of carboxylic acid groups (broad SMARTS) is 1. The molecule has 0 spiro atoms. The van der Waals surface area contributed by atoms with Crippen LogP contribution >= 0.6 is 0 Å². The van der Waals surface area contributed by atoms with Gasteiger partial charge in [0, 0.05) is 52.0 Å². The van der Waals surface area contributed by atoms with Crippen molar-refractivity contribution < 1.29 is 49.8 Å². The van der Waals surface area contributed by atoms with Crippen LogP contribution in [0.1, 0.15) is 36.8 Å². The highest BCUT2D eigenvalue weighted by Crippen LogP contribution is 2.45. The first-order valence-electron chi connectivity index (χ1n) is 14.2. The Kier molecular flexibility index (Phi) is 9.76. The van der Waals surface area contributed by atoms with E-state index in [9.17, 15) is 45.4 Å². The molecular formula is C30H24N8O11S2. The van der Waals surface area contributed by atoms with Crippen LogP contribution in [0.25, 0.3) is 43.9 Å². The maximum absolute atomic E-state index is 13.2. The van der Waals surface area contributed by atoms with Crippen LogP contribution in [-0.2, 0) is 26.8 Å². The largest absolute Gasteiger partial charge is 0.478 e. The monoisotopic (exact) mass is 736 g/mol. The third-order valence-electron chi connectivity index (χ3n) is 7.37. The number of aromatic nitrogens is 1. The zero-order valence-corrected chi connectivity index (χ0v) is 27.3. The molecule has 2 heterocycles. The van der Waals surface area contributed by atoms with Crippen molar-refractivity contribution in [3.05, 3.63) is 99.0 Å². The summed E-state index contributed by atoms with van der Waals surface area (Å²) >= 11 is 0. The molecule has 19 nitrogen and oxygen atoms in total. The third kappa shape index (κ3) is 7.32. The lowest BCUT2D eigenvalue weighted by Crippen LogP contribution is -2.34. The molecule has 3 aromatic rings. The van der Waals surface area contributed by atoms with Crippen LogP contribution in [0.15, 0.2) is 80.1 Å². The van der Waals surface area contributed by atoms with Gasteiger partial charge in [0.15, 0.2) is 21.1 Å². The Hall–Kier alpha value is -6.38. The zero-order chi connectivity index (χ0) is 37.2. The Labute approximate surface area is 286 Å². The van der Waals surface area contributed by atoms with Gasteiger partial charge in [-0.15, -0.1) is 0 Å². The minimum absolute atomic E-state index is 0.00357. The van der Waals surface area contributed by atoms with E-state index in [1.807, 2.05) is 0 Å². The second kappa shape index (κ2) is 13.9. The van der Waals surface area contributed by atoms with Crippen LogP contribution in [-0.4, -0.2) is 66.9 Å².